The molecule has 0 radical (unpaired) electrons. The maximum absolute atomic E-state index is 11.4. The van der Waals surface area contributed by atoms with Crippen molar-refractivity contribution >= 4 is 11.7 Å². The molecular weight excluding hydrogens is 252 g/mol. The van der Waals surface area contributed by atoms with Crippen molar-refractivity contribution in [3.63, 3.8) is 0 Å². The fraction of sp³-hybridized carbons (Fsp3) is 0.182. The van der Waals surface area contributed by atoms with E-state index < -0.39 is 5.97 Å². The summed E-state index contributed by atoms with van der Waals surface area (Å²) in [6, 6.07) is 5.93. The summed E-state index contributed by atoms with van der Waals surface area (Å²) in [5.74, 6) is -0.550. The molecule has 19 heavy (non-hydrogen) atoms. The van der Waals surface area contributed by atoms with Gasteiger partial charge in [0.25, 0.3) is 0 Å². The molecule has 1 aromatic carbocycles. The van der Waals surface area contributed by atoms with E-state index >= 15 is 0 Å². The minimum absolute atomic E-state index is 0.0921. The Morgan fingerprint density at radius 2 is 2.16 bits per heavy atom. The summed E-state index contributed by atoms with van der Waals surface area (Å²) in [4.78, 5) is 11.4. The highest BCUT2D eigenvalue weighted by molar-refractivity contribution is 5.86. The zero-order chi connectivity index (χ0) is 13.8. The van der Waals surface area contributed by atoms with Gasteiger partial charge < -0.3 is 15.2 Å². The Labute approximate surface area is 108 Å². The number of hydrogen-bond donors (Lipinski definition) is 1. The second kappa shape index (κ2) is 5.46. The Morgan fingerprint density at radius 3 is 2.74 bits per heavy atom. The van der Waals surface area contributed by atoms with E-state index in [1.807, 2.05) is 0 Å². The summed E-state index contributed by atoms with van der Waals surface area (Å²) in [7, 11) is 0. The van der Waals surface area contributed by atoms with Crippen LogP contribution in [0.4, 0.5) is 5.69 Å². The Bertz CT molecular complexity index is 564. The second-order valence-electron chi connectivity index (χ2n) is 3.56. The van der Waals surface area contributed by atoms with E-state index in [9.17, 15) is 10.0 Å². The van der Waals surface area contributed by atoms with Gasteiger partial charge in [0.05, 0.1) is 24.2 Å². The van der Waals surface area contributed by atoms with E-state index in [4.69, 9.17) is 9.94 Å². The van der Waals surface area contributed by atoms with Crippen LogP contribution in [0.15, 0.2) is 30.5 Å². The van der Waals surface area contributed by atoms with Gasteiger partial charge in [-0.2, -0.15) is 0 Å². The summed E-state index contributed by atoms with van der Waals surface area (Å²) >= 11 is 0. The lowest BCUT2D eigenvalue weighted by Gasteiger charge is -2.21. The second-order valence-corrected chi connectivity index (χ2v) is 3.56. The average Bonchev–Trinajstić information content (AvgIpc) is 2.89. The van der Waals surface area contributed by atoms with E-state index in [1.165, 1.54) is 23.0 Å². The lowest BCUT2D eigenvalue weighted by Crippen LogP contribution is -2.07. The molecule has 2 aromatic rings. The summed E-state index contributed by atoms with van der Waals surface area (Å²) in [5, 5.41) is 26.6. The van der Waals surface area contributed by atoms with Gasteiger partial charge >= 0.3 is 5.97 Å². The molecule has 1 heterocycles. The Hall–Kier alpha value is -2.45. The number of benzene rings is 1. The molecule has 8 heteroatoms. The van der Waals surface area contributed by atoms with Gasteiger partial charge in [-0.1, -0.05) is 5.21 Å². The Kier molecular flexibility index (Phi) is 3.74. The van der Waals surface area contributed by atoms with E-state index in [0.717, 1.165) is 0 Å². The highest BCUT2D eigenvalue weighted by Gasteiger charge is 2.12. The van der Waals surface area contributed by atoms with Crippen molar-refractivity contribution in [2.45, 2.75) is 6.92 Å². The first-order chi connectivity index (χ1) is 9.11. The van der Waals surface area contributed by atoms with Crippen LogP contribution in [0.2, 0.25) is 0 Å². The average molecular weight is 263 g/mol. The predicted octanol–water partition coefficient (Wildman–Crippen LogP) is 1.14. The molecule has 0 atom stereocenters. The molecule has 0 saturated heterocycles. The third-order valence-corrected chi connectivity index (χ3v) is 2.31. The molecule has 100 valence electrons. The molecule has 0 bridgehead atoms. The molecule has 0 fully saturated rings. The fourth-order valence-corrected chi connectivity index (χ4v) is 1.42. The predicted molar refractivity (Wildman–Crippen MR) is 64.9 cm³/mol. The molecule has 1 N–H and O–H groups in total. The van der Waals surface area contributed by atoms with Crippen molar-refractivity contribution in [3.8, 4) is 5.69 Å². The number of hydrogen-bond acceptors (Lipinski definition) is 7. The van der Waals surface area contributed by atoms with Gasteiger partial charge in [-0.3, -0.25) is 5.21 Å². The van der Waals surface area contributed by atoms with Crippen LogP contribution in [0.25, 0.3) is 5.69 Å². The molecule has 0 aliphatic carbocycles. The number of carbonyl (C=O) groups excluding carboxylic acids is 1. The highest BCUT2D eigenvalue weighted by Crippen LogP contribution is 2.15. The van der Waals surface area contributed by atoms with Crippen molar-refractivity contribution in [1.29, 1.82) is 0 Å². The van der Waals surface area contributed by atoms with Gasteiger partial charge in [-0.25, -0.2) is 9.48 Å². The van der Waals surface area contributed by atoms with Crippen LogP contribution in [0, 0.1) is 5.21 Å². The number of aromatic nitrogens is 3. The van der Waals surface area contributed by atoms with Gasteiger partial charge in [-0.05, 0) is 31.2 Å². The van der Waals surface area contributed by atoms with Crippen LogP contribution in [-0.2, 0) is 4.74 Å². The zero-order valence-electron chi connectivity index (χ0n) is 10.1. The maximum atomic E-state index is 11.4. The van der Waals surface area contributed by atoms with Gasteiger partial charge in [0.2, 0.25) is 0 Å². The summed E-state index contributed by atoms with van der Waals surface area (Å²) < 4.78 is 6.16. The maximum Gasteiger partial charge on any atom is 0.360 e. The van der Waals surface area contributed by atoms with Crippen molar-refractivity contribution < 1.29 is 14.7 Å². The molecule has 0 aliphatic heterocycles. The lowest BCUT2D eigenvalue weighted by molar-refractivity contribution is 0.0519. The first kappa shape index (κ1) is 13.0. The SMILES string of the molecule is CCOC(=O)c1cn(-c2ccc(N([O-])O)cc2)nn1. The minimum Gasteiger partial charge on any atom is -0.733 e. The number of ether oxygens (including phenoxy) is 1. The molecule has 0 unspecified atom stereocenters. The molecule has 0 saturated carbocycles. The van der Waals surface area contributed by atoms with Crippen LogP contribution in [0.1, 0.15) is 17.4 Å². The van der Waals surface area contributed by atoms with Crippen LogP contribution in [-0.4, -0.2) is 32.8 Å². The number of carbonyl (C=O) groups is 1. The monoisotopic (exact) mass is 263 g/mol. The van der Waals surface area contributed by atoms with Crippen LogP contribution in [0.5, 0.6) is 0 Å². The quantitative estimate of drug-likeness (QED) is 0.651. The fourth-order valence-electron chi connectivity index (χ4n) is 1.42. The van der Waals surface area contributed by atoms with Gasteiger partial charge in [-0.15, -0.1) is 5.10 Å². The molecule has 8 nitrogen and oxygen atoms in total. The standard InChI is InChI=1S/C11H11N4O4/c1-2-19-11(16)10-7-14(13-12-10)8-3-5-9(6-4-8)15(17)18/h3-7,17H,2H2,1H3/q-1. The normalized spacial score (nSPS) is 10.3. The Balaban J connectivity index is 2.20. The van der Waals surface area contributed by atoms with Gasteiger partial charge in [0, 0.05) is 0 Å². The van der Waals surface area contributed by atoms with Gasteiger partial charge in [0.15, 0.2) is 5.69 Å². The summed E-state index contributed by atoms with van der Waals surface area (Å²) in [6.45, 7) is 1.96. The van der Waals surface area contributed by atoms with Gasteiger partial charge in [0.1, 0.15) is 0 Å². The van der Waals surface area contributed by atoms with E-state index in [0.29, 0.717) is 5.69 Å². The molecular formula is C11H11N4O4-. The van der Waals surface area contributed by atoms with Crippen molar-refractivity contribution in [2.75, 3.05) is 11.8 Å². The smallest absolute Gasteiger partial charge is 0.360 e. The van der Waals surface area contributed by atoms with Crippen molar-refractivity contribution in [2.24, 2.45) is 0 Å². The Morgan fingerprint density at radius 1 is 1.47 bits per heavy atom. The van der Waals surface area contributed by atoms with Crippen LogP contribution < -0.4 is 5.23 Å². The zero-order valence-corrected chi connectivity index (χ0v) is 10.1. The van der Waals surface area contributed by atoms with Crippen molar-refractivity contribution in [3.05, 3.63) is 41.4 Å². The first-order valence-corrected chi connectivity index (χ1v) is 5.48. The number of rotatable bonds is 4. The molecule has 2 rings (SSSR count). The number of anilines is 1. The van der Waals surface area contributed by atoms with E-state index in [2.05, 4.69) is 10.3 Å². The molecule has 0 aliphatic rings. The molecule has 0 amide bonds. The summed E-state index contributed by atoms with van der Waals surface area (Å²) in [6.07, 6.45) is 1.42. The van der Waals surface area contributed by atoms with Crippen LogP contribution >= 0.6 is 0 Å². The molecule has 1 aromatic heterocycles. The van der Waals surface area contributed by atoms with Crippen molar-refractivity contribution in [1.82, 2.24) is 15.0 Å². The third-order valence-electron chi connectivity index (χ3n) is 2.31. The topological polar surface area (TPSA) is 104 Å². The van der Waals surface area contributed by atoms with E-state index in [-0.39, 0.29) is 23.2 Å². The largest absolute Gasteiger partial charge is 0.733 e. The first-order valence-electron chi connectivity index (χ1n) is 5.48. The molecule has 0 spiro atoms. The van der Waals surface area contributed by atoms with E-state index in [1.54, 1.807) is 19.1 Å². The van der Waals surface area contributed by atoms with Crippen LogP contribution in [0.3, 0.4) is 0 Å². The number of nitrogens with zero attached hydrogens (tertiary/aromatic N) is 4. The number of esters is 1. The highest BCUT2D eigenvalue weighted by atomic mass is 16.8. The summed E-state index contributed by atoms with van der Waals surface area (Å²) in [5.41, 5.74) is 0.779. The lowest BCUT2D eigenvalue weighted by atomic mass is 10.3. The third kappa shape index (κ3) is 2.87. The minimum atomic E-state index is -0.550.